The van der Waals surface area contributed by atoms with Crippen LogP contribution in [-0.2, 0) is 16.0 Å². The smallest absolute Gasteiger partial charge is 0.220 e. The highest BCUT2D eigenvalue weighted by Gasteiger charge is 2.35. The van der Waals surface area contributed by atoms with E-state index in [0.29, 0.717) is 24.5 Å². The zero-order valence-electron chi connectivity index (χ0n) is 26.5. The number of rotatable bonds is 17. The summed E-state index contributed by atoms with van der Waals surface area (Å²) >= 11 is 1.94. The second kappa shape index (κ2) is 18.4. The van der Waals surface area contributed by atoms with Gasteiger partial charge in [0.05, 0.1) is 6.20 Å². The van der Waals surface area contributed by atoms with Crippen LogP contribution in [0, 0.1) is 30.5 Å². The maximum Gasteiger partial charge on any atom is 0.220 e. The van der Waals surface area contributed by atoms with Gasteiger partial charge in [0.2, 0.25) is 5.91 Å². The van der Waals surface area contributed by atoms with Gasteiger partial charge in [-0.15, -0.1) is 0 Å². The monoisotopic (exact) mass is 622 g/mol. The number of aromatic nitrogens is 1. The van der Waals surface area contributed by atoms with Crippen LogP contribution in [0.2, 0.25) is 0 Å². The minimum absolute atomic E-state index is 0.111. The summed E-state index contributed by atoms with van der Waals surface area (Å²) in [6.45, 7) is 1.71. The maximum absolute atomic E-state index is 13.9. The summed E-state index contributed by atoms with van der Waals surface area (Å²) in [5.74, 6) is 1.92. The van der Waals surface area contributed by atoms with Crippen molar-refractivity contribution < 1.29 is 18.8 Å². The van der Waals surface area contributed by atoms with E-state index in [0.717, 1.165) is 75.5 Å². The Hall–Kier alpha value is -2.54. The van der Waals surface area contributed by atoms with Crippen LogP contribution >= 0.6 is 11.8 Å². The topological polar surface area (TPSA) is 76.1 Å². The molecule has 0 radical (unpaired) electrons. The van der Waals surface area contributed by atoms with Crippen LogP contribution in [0.3, 0.4) is 0 Å². The van der Waals surface area contributed by atoms with Crippen LogP contribution < -0.4 is 5.32 Å². The molecule has 2 fully saturated rings. The van der Waals surface area contributed by atoms with Gasteiger partial charge in [-0.2, -0.15) is 11.8 Å². The minimum Gasteiger partial charge on any atom is -0.353 e. The third-order valence-corrected chi connectivity index (χ3v) is 10.7. The van der Waals surface area contributed by atoms with E-state index >= 15 is 0 Å². The van der Waals surface area contributed by atoms with Gasteiger partial charge in [0.25, 0.3) is 0 Å². The summed E-state index contributed by atoms with van der Waals surface area (Å²) in [6, 6.07) is 12.0. The second-order valence-corrected chi connectivity index (χ2v) is 14.3. The fraction of sp³-hybridized carbons (Fsp3) is 0.622. The molecule has 2 aromatic rings. The lowest BCUT2D eigenvalue weighted by Gasteiger charge is -2.34. The summed E-state index contributed by atoms with van der Waals surface area (Å²) in [5, 5.41) is 3.24. The second-order valence-electron chi connectivity index (χ2n) is 13.0. The van der Waals surface area contributed by atoms with Crippen molar-refractivity contribution in [3.63, 3.8) is 0 Å². The predicted octanol–water partition coefficient (Wildman–Crippen LogP) is 8.47. The van der Waals surface area contributed by atoms with Gasteiger partial charge in [0, 0.05) is 42.5 Å². The van der Waals surface area contributed by atoms with Gasteiger partial charge < -0.3 is 5.32 Å². The first kappa shape index (κ1) is 34.3. The fourth-order valence-corrected chi connectivity index (χ4v) is 8.17. The van der Waals surface area contributed by atoms with Gasteiger partial charge >= 0.3 is 0 Å². The lowest BCUT2D eigenvalue weighted by molar-refractivity contribution is -0.126. The molecule has 7 heteroatoms. The number of halogens is 1. The number of hydrogen-bond donors (Lipinski definition) is 1. The number of amides is 1. The number of hydrogen-bond acceptors (Lipinski definition) is 5. The largest absolute Gasteiger partial charge is 0.353 e. The zero-order valence-corrected chi connectivity index (χ0v) is 27.4. The van der Waals surface area contributed by atoms with Crippen molar-refractivity contribution in [2.75, 3.05) is 11.5 Å². The Kier molecular flexibility index (Phi) is 14.4. The van der Waals surface area contributed by atoms with Gasteiger partial charge in [-0.25, -0.2) is 4.39 Å². The average Bonchev–Trinajstić information content (AvgIpc) is 3.03. The Balaban J connectivity index is 1.19. The number of nitrogens with zero attached hydrogens (tertiary/aromatic N) is 1. The highest BCUT2D eigenvalue weighted by Crippen LogP contribution is 2.36. The lowest BCUT2D eigenvalue weighted by Crippen LogP contribution is -2.40. The molecular formula is C37H51FN2O3S. The molecular weight excluding hydrogens is 571 g/mol. The van der Waals surface area contributed by atoms with Crippen molar-refractivity contribution in [1.82, 2.24) is 10.3 Å². The van der Waals surface area contributed by atoms with Crippen LogP contribution in [0.25, 0.3) is 0 Å². The van der Waals surface area contributed by atoms with Crippen molar-refractivity contribution in [3.8, 4) is 0 Å². The highest BCUT2D eigenvalue weighted by molar-refractivity contribution is 7.99. The molecule has 1 saturated carbocycles. The number of aryl methyl sites for hydroxylation is 2. The quantitative estimate of drug-likeness (QED) is 0.141. The van der Waals surface area contributed by atoms with E-state index < -0.39 is 5.82 Å². The molecule has 2 heterocycles. The normalized spacial score (nSPS) is 19.8. The third kappa shape index (κ3) is 11.4. The van der Waals surface area contributed by atoms with Crippen molar-refractivity contribution in [3.05, 3.63) is 65.2 Å². The van der Waals surface area contributed by atoms with Crippen molar-refractivity contribution >= 4 is 29.2 Å². The molecule has 1 aromatic heterocycles. The van der Waals surface area contributed by atoms with Gasteiger partial charge in [0.1, 0.15) is 11.6 Å². The van der Waals surface area contributed by atoms with E-state index in [1.807, 2.05) is 11.8 Å². The van der Waals surface area contributed by atoms with Gasteiger partial charge in [-0.05, 0) is 99.7 Å². The van der Waals surface area contributed by atoms with Crippen LogP contribution in [0.4, 0.5) is 4.39 Å². The third-order valence-electron chi connectivity index (χ3n) is 9.67. The molecule has 1 aromatic carbocycles. The first-order chi connectivity index (χ1) is 21.4. The molecule has 1 atom stereocenters. The molecule has 2 aliphatic rings. The summed E-state index contributed by atoms with van der Waals surface area (Å²) in [7, 11) is 0. The van der Waals surface area contributed by atoms with E-state index in [1.54, 1.807) is 6.92 Å². The molecule has 1 unspecified atom stereocenters. The number of carbonyl (C=O) groups is 3. The molecule has 240 valence electrons. The van der Waals surface area contributed by atoms with Crippen LogP contribution in [0.1, 0.15) is 118 Å². The number of carbonyl (C=O) groups excluding carboxylic acids is 3. The van der Waals surface area contributed by atoms with Gasteiger partial charge in [-0.1, -0.05) is 56.0 Å². The van der Waals surface area contributed by atoms with Crippen molar-refractivity contribution in [1.29, 1.82) is 0 Å². The standard InChI is InChI=1S/C37H51FN2O3S/c1-27-33(24-31(38)26-39-27)36(42)25-34(35(41)23-29-19-21-44-22-20-29)30-15-17-32(18-16-30)40-37(43)14-10-5-3-2-4-7-11-28-12-8-6-9-13-28/h6,8-9,12-13,24,26,29-30,32,34H,2-5,7,10-11,14-23,25H2,1H3,(H,40,43). The maximum atomic E-state index is 13.9. The number of benzene rings is 1. The number of nitrogens with one attached hydrogen (secondary N) is 1. The Morgan fingerprint density at radius 2 is 1.61 bits per heavy atom. The summed E-state index contributed by atoms with van der Waals surface area (Å²) < 4.78 is 13.9. The molecule has 5 nitrogen and oxygen atoms in total. The number of Topliss-reactive ketones (excluding diaryl/α,β-unsaturated/α-hetero) is 2. The van der Waals surface area contributed by atoms with Crippen molar-refractivity contribution in [2.24, 2.45) is 17.8 Å². The predicted molar refractivity (Wildman–Crippen MR) is 177 cm³/mol. The highest BCUT2D eigenvalue weighted by atomic mass is 32.2. The van der Waals surface area contributed by atoms with Gasteiger partial charge in [-0.3, -0.25) is 19.4 Å². The van der Waals surface area contributed by atoms with E-state index in [-0.39, 0.29) is 47.3 Å². The minimum atomic E-state index is -0.531. The average molecular weight is 623 g/mol. The molecule has 1 aliphatic heterocycles. The molecule has 1 saturated heterocycles. The SMILES string of the molecule is Cc1ncc(F)cc1C(=O)CC(C(=O)CC1CCSCC1)C1CCC(NC(=O)CCCCCCCCc2ccccc2)CC1. The molecule has 44 heavy (non-hydrogen) atoms. The Morgan fingerprint density at radius 1 is 0.932 bits per heavy atom. The van der Waals surface area contributed by atoms with E-state index in [4.69, 9.17) is 0 Å². The Bertz CT molecular complexity index is 1190. The van der Waals surface area contributed by atoms with E-state index in [2.05, 4.69) is 40.6 Å². The molecule has 0 bridgehead atoms. The molecule has 1 amide bonds. The van der Waals surface area contributed by atoms with E-state index in [1.165, 1.54) is 37.3 Å². The first-order valence-corrected chi connectivity index (χ1v) is 18.1. The summed E-state index contributed by atoms with van der Waals surface area (Å²) in [4.78, 5) is 43.7. The number of thioether (sulfide) groups is 1. The molecule has 1 aliphatic carbocycles. The zero-order chi connectivity index (χ0) is 31.1. The van der Waals surface area contributed by atoms with Gasteiger partial charge in [0.15, 0.2) is 5.78 Å². The lowest BCUT2D eigenvalue weighted by atomic mass is 9.72. The summed E-state index contributed by atoms with van der Waals surface area (Å²) in [5.41, 5.74) is 2.19. The number of ketones is 2. The van der Waals surface area contributed by atoms with Crippen LogP contribution in [0.5, 0.6) is 0 Å². The number of unbranched alkanes of at least 4 members (excludes halogenated alkanes) is 5. The Labute approximate surface area is 268 Å². The number of pyridine rings is 1. The summed E-state index contributed by atoms with van der Waals surface area (Å²) in [6.07, 6.45) is 15.7. The molecule has 0 spiro atoms. The first-order valence-electron chi connectivity index (χ1n) is 17.0. The fourth-order valence-electron chi connectivity index (χ4n) is 6.96. The Morgan fingerprint density at radius 3 is 2.34 bits per heavy atom. The van der Waals surface area contributed by atoms with Crippen LogP contribution in [0.15, 0.2) is 42.6 Å². The van der Waals surface area contributed by atoms with Crippen molar-refractivity contribution in [2.45, 2.75) is 116 Å². The van der Waals surface area contributed by atoms with E-state index in [9.17, 15) is 18.8 Å². The molecule has 1 N–H and O–H groups in total. The van der Waals surface area contributed by atoms with Crippen LogP contribution in [-0.4, -0.2) is 40.0 Å². The molecule has 4 rings (SSSR count).